The summed E-state index contributed by atoms with van der Waals surface area (Å²) in [5.74, 6) is -3.88. The van der Waals surface area contributed by atoms with E-state index in [9.17, 15) is 18.4 Å². The van der Waals surface area contributed by atoms with Gasteiger partial charge < -0.3 is 10.1 Å². The van der Waals surface area contributed by atoms with Gasteiger partial charge in [0, 0.05) is 25.1 Å². The number of hydrogen-bond acceptors (Lipinski definition) is 4. The number of methoxy groups -OCH3 is 1. The summed E-state index contributed by atoms with van der Waals surface area (Å²) < 4.78 is 30.6. The Morgan fingerprint density at radius 1 is 1.50 bits per heavy atom. The van der Waals surface area contributed by atoms with Gasteiger partial charge >= 0.3 is 5.97 Å². The van der Waals surface area contributed by atoms with Crippen LogP contribution in [-0.4, -0.2) is 35.9 Å². The number of aromatic nitrogens is 1. The molecule has 1 N–H and O–H groups in total. The minimum Gasteiger partial charge on any atom is -0.465 e. The summed E-state index contributed by atoms with van der Waals surface area (Å²) in [5.41, 5.74) is 0.188. The highest BCUT2D eigenvalue weighted by Crippen LogP contribution is 2.34. The van der Waals surface area contributed by atoms with Gasteiger partial charge in [-0.15, -0.1) is 0 Å². The van der Waals surface area contributed by atoms with Crippen molar-refractivity contribution < 1.29 is 23.1 Å². The molecule has 7 heteroatoms. The van der Waals surface area contributed by atoms with Crippen molar-refractivity contribution in [3.05, 3.63) is 29.6 Å². The molecule has 0 bridgehead atoms. The van der Waals surface area contributed by atoms with Crippen LogP contribution in [0.1, 0.15) is 40.1 Å². The number of alkyl halides is 2. The van der Waals surface area contributed by atoms with Crippen molar-refractivity contribution in [1.29, 1.82) is 0 Å². The molecule has 1 aromatic heterocycles. The second kappa shape index (κ2) is 5.52. The van der Waals surface area contributed by atoms with E-state index in [0.29, 0.717) is 0 Å². The van der Waals surface area contributed by atoms with Crippen molar-refractivity contribution in [2.24, 2.45) is 0 Å². The number of pyridine rings is 1. The SMILES string of the molecule is COC(=O)c1ccnc(C(=O)NC2CCC(F)(F)C2)c1. The van der Waals surface area contributed by atoms with Gasteiger partial charge in [-0.05, 0) is 18.6 Å². The van der Waals surface area contributed by atoms with Gasteiger partial charge in [0.05, 0.1) is 12.7 Å². The van der Waals surface area contributed by atoms with Gasteiger partial charge in [0.15, 0.2) is 0 Å². The molecule has 1 amide bonds. The highest BCUT2D eigenvalue weighted by atomic mass is 19.3. The zero-order valence-electron chi connectivity index (χ0n) is 10.9. The molecule has 20 heavy (non-hydrogen) atoms. The zero-order chi connectivity index (χ0) is 14.8. The van der Waals surface area contributed by atoms with Crippen molar-refractivity contribution in [1.82, 2.24) is 10.3 Å². The maximum atomic E-state index is 13.0. The standard InChI is InChI=1S/C13H14F2N2O3/c1-20-12(19)8-3-5-16-10(6-8)11(18)17-9-2-4-13(14,15)7-9/h3,5-6,9H,2,4,7H2,1H3,(H,17,18). The summed E-state index contributed by atoms with van der Waals surface area (Å²) >= 11 is 0. The molecule has 0 spiro atoms. The van der Waals surface area contributed by atoms with Crippen LogP contribution in [0.3, 0.4) is 0 Å². The fraction of sp³-hybridized carbons (Fsp3) is 0.462. The van der Waals surface area contributed by atoms with Crippen molar-refractivity contribution in [2.45, 2.75) is 31.2 Å². The van der Waals surface area contributed by atoms with Crippen LogP contribution in [0.2, 0.25) is 0 Å². The first-order chi connectivity index (χ1) is 9.41. The highest BCUT2D eigenvalue weighted by molar-refractivity contribution is 5.96. The summed E-state index contributed by atoms with van der Waals surface area (Å²) in [6.07, 6.45) is 0.933. The van der Waals surface area contributed by atoms with E-state index in [1.165, 1.54) is 25.4 Å². The van der Waals surface area contributed by atoms with E-state index in [2.05, 4.69) is 15.0 Å². The van der Waals surface area contributed by atoms with E-state index in [4.69, 9.17) is 0 Å². The quantitative estimate of drug-likeness (QED) is 0.859. The number of rotatable bonds is 3. The molecule has 2 rings (SSSR count). The lowest BCUT2D eigenvalue weighted by molar-refractivity contribution is 0.00709. The molecular weight excluding hydrogens is 270 g/mol. The Kier molecular flexibility index (Phi) is 3.96. The van der Waals surface area contributed by atoms with Crippen LogP contribution in [0.5, 0.6) is 0 Å². The van der Waals surface area contributed by atoms with Gasteiger partial charge in [0.1, 0.15) is 5.69 Å². The second-order valence-electron chi connectivity index (χ2n) is 4.69. The molecule has 1 saturated carbocycles. The molecule has 1 heterocycles. The second-order valence-corrected chi connectivity index (χ2v) is 4.69. The molecular formula is C13H14F2N2O3. The van der Waals surface area contributed by atoms with Gasteiger partial charge in [-0.3, -0.25) is 9.78 Å². The number of carbonyl (C=O) groups excluding carboxylic acids is 2. The first-order valence-electron chi connectivity index (χ1n) is 6.14. The van der Waals surface area contributed by atoms with Crippen LogP contribution in [0.15, 0.2) is 18.3 Å². The van der Waals surface area contributed by atoms with E-state index in [-0.39, 0.29) is 30.5 Å². The van der Waals surface area contributed by atoms with Crippen LogP contribution in [0, 0.1) is 0 Å². The Hall–Kier alpha value is -2.05. The third kappa shape index (κ3) is 3.28. The number of nitrogens with one attached hydrogen (secondary N) is 1. The summed E-state index contributed by atoms with van der Waals surface area (Å²) in [5, 5.41) is 2.50. The number of amides is 1. The molecule has 1 aliphatic carbocycles. The van der Waals surface area contributed by atoms with E-state index in [1.807, 2.05) is 0 Å². The van der Waals surface area contributed by atoms with Crippen molar-refractivity contribution in [3.63, 3.8) is 0 Å². The lowest BCUT2D eigenvalue weighted by atomic mass is 10.2. The number of halogens is 2. The number of nitrogens with zero attached hydrogens (tertiary/aromatic N) is 1. The summed E-state index contributed by atoms with van der Waals surface area (Å²) in [4.78, 5) is 27.1. The van der Waals surface area contributed by atoms with Crippen molar-refractivity contribution >= 4 is 11.9 Å². The Morgan fingerprint density at radius 3 is 2.85 bits per heavy atom. The minimum absolute atomic E-state index is 0.00289. The summed E-state index contributed by atoms with van der Waals surface area (Å²) in [6.45, 7) is 0. The topological polar surface area (TPSA) is 68.3 Å². The van der Waals surface area contributed by atoms with Crippen LogP contribution in [-0.2, 0) is 4.74 Å². The predicted octanol–water partition coefficient (Wildman–Crippen LogP) is 1.79. The van der Waals surface area contributed by atoms with Crippen LogP contribution in [0.25, 0.3) is 0 Å². The lowest BCUT2D eigenvalue weighted by Crippen LogP contribution is -2.34. The molecule has 0 radical (unpaired) electrons. The number of carbonyl (C=O) groups is 2. The van der Waals surface area contributed by atoms with Crippen molar-refractivity contribution in [2.75, 3.05) is 7.11 Å². The smallest absolute Gasteiger partial charge is 0.337 e. The van der Waals surface area contributed by atoms with Gasteiger partial charge in [0.25, 0.3) is 5.91 Å². The molecule has 0 aliphatic heterocycles. The maximum absolute atomic E-state index is 13.0. The van der Waals surface area contributed by atoms with Crippen molar-refractivity contribution in [3.8, 4) is 0 Å². The van der Waals surface area contributed by atoms with E-state index in [0.717, 1.165) is 0 Å². The average molecular weight is 284 g/mol. The average Bonchev–Trinajstić information content (AvgIpc) is 2.77. The summed E-state index contributed by atoms with van der Waals surface area (Å²) in [6, 6.07) is 2.11. The molecule has 1 unspecified atom stereocenters. The summed E-state index contributed by atoms with van der Waals surface area (Å²) in [7, 11) is 1.23. The fourth-order valence-electron chi connectivity index (χ4n) is 2.13. The molecule has 1 aliphatic rings. The zero-order valence-corrected chi connectivity index (χ0v) is 10.9. The Labute approximate surface area is 114 Å². The minimum atomic E-state index is -2.72. The fourth-order valence-corrected chi connectivity index (χ4v) is 2.13. The van der Waals surface area contributed by atoms with E-state index in [1.54, 1.807) is 0 Å². The molecule has 1 atom stereocenters. The largest absolute Gasteiger partial charge is 0.465 e. The molecule has 1 aromatic rings. The predicted molar refractivity (Wildman–Crippen MR) is 65.6 cm³/mol. The third-order valence-electron chi connectivity index (χ3n) is 3.15. The van der Waals surface area contributed by atoms with Gasteiger partial charge in [-0.1, -0.05) is 0 Å². The molecule has 108 valence electrons. The van der Waals surface area contributed by atoms with Gasteiger partial charge in [-0.25, -0.2) is 13.6 Å². The van der Waals surface area contributed by atoms with Crippen LogP contribution in [0.4, 0.5) is 8.78 Å². The first-order valence-corrected chi connectivity index (χ1v) is 6.14. The van der Waals surface area contributed by atoms with E-state index >= 15 is 0 Å². The lowest BCUT2D eigenvalue weighted by Gasteiger charge is -2.12. The Bertz CT molecular complexity index is 534. The van der Waals surface area contributed by atoms with Crippen LogP contribution < -0.4 is 5.32 Å². The number of ether oxygens (including phenoxy) is 1. The van der Waals surface area contributed by atoms with Gasteiger partial charge in [-0.2, -0.15) is 0 Å². The van der Waals surface area contributed by atoms with Gasteiger partial charge in [0.2, 0.25) is 5.92 Å². The monoisotopic (exact) mass is 284 g/mol. The molecule has 5 nitrogen and oxygen atoms in total. The molecule has 0 aromatic carbocycles. The van der Waals surface area contributed by atoms with E-state index < -0.39 is 23.8 Å². The third-order valence-corrected chi connectivity index (χ3v) is 3.15. The maximum Gasteiger partial charge on any atom is 0.337 e. The first kappa shape index (κ1) is 14.4. The number of hydrogen-bond donors (Lipinski definition) is 1. The van der Waals surface area contributed by atoms with Crippen LogP contribution >= 0.6 is 0 Å². The highest BCUT2D eigenvalue weighted by Gasteiger charge is 2.40. The molecule has 0 saturated heterocycles. The normalized spacial score (nSPS) is 20.4. The number of esters is 1. The molecule has 1 fully saturated rings. The Morgan fingerprint density at radius 2 is 2.25 bits per heavy atom. The Balaban J connectivity index is 2.04.